The van der Waals surface area contributed by atoms with Crippen LogP contribution < -0.4 is 10.6 Å². The van der Waals surface area contributed by atoms with E-state index in [1.165, 1.54) is 4.80 Å². The van der Waals surface area contributed by atoms with Gasteiger partial charge < -0.3 is 10.6 Å². The third-order valence-electron chi connectivity index (χ3n) is 3.23. The number of carbonyl (C=O) groups excluding carboxylic acids is 1. The number of aromatic nitrogens is 3. The number of nitrogens with zero attached hydrogens (tertiary/aromatic N) is 3. The Hall–Kier alpha value is -1.57. The minimum absolute atomic E-state index is 0. The Balaban J connectivity index is 0.00000176. The molecule has 1 atom stereocenters. The lowest BCUT2D eigenvalue weighted by Gasteiger charge is -2.22. The number of rotatable bonds is 4. The summed E-state index contributed by atoms with van der Waals surface area (Å²) in [7, 11) is 0. The summed E-state index contributed by atoms with van der Waals surface area (Å²) in [5, 5.41) is 14.4. The van der Waals surface area contributed by atoms with Gasteiger partial charge in [-0.1, -0.05) is 0 Å². The Morgan fingerprint density at radius 1 is 1.32 bits per heavy atom. The molecule has 8 heteroatoms. The van der Waals surface area contributed by atoms with E-state index in [-0.39, 0.29) is 24.4 Å². The molecule has 1 aliphatic heterocycles. The SMILES string of the molecule is Cl.O=C(CC1CSCCN1)Nc1ccc(-n2nccn2)cc1. The summed E-state index contributed by atoms with van der Waals surface area (Å²) >= 11 is 1.89. The third kappa shape index (κ3) is 4.46. The average Bonchev–Trinajstić information content (AvgIpc) is 3.03. The fraction of sp³-hybridized carbons (Fsp3) is 0.357. The second-order valence-corrected chi connectivity index (χ2v) is 5.99. The van der Waals surface area contributed by atoms with Gasteiger partial charge in [-0.25, -0.2) is 0 Å². The molecule has 1 saturated heterocycles. The first-order chi connectivity index (χ1) is 10.3. The molecular formula is C14H18ClN5OS. The largest absolute Gasteiger partial charge is 0.326 e. The summed E-state index contributed by atoms with van der Waals surface area (Å²) in [6.45, 7) is 0.980. The number of benzene rings is 1. The van der Waals surface area contributed by atoms with E-state index in [1.54, 1.807) is 12.4 Å². The Morgan fingerprint density at radius 3 is 2.68 bits per heavy atom. The van der Waals surface area contributed by atoms with Crippen LogP contribution in [0.15, 0.2) is 36.7 Å². The molecule has 1 unspecified atom stereocenters. The molecule has 1 aromatic heterocycles. The average molecular weight is 340 g/mol. The van der Waals surface area contributed by atoms with Crippen LogP contribution in [0.25, 0.3) is 5.69 Å². The first-order valence-electron chi connectivity index (χ1n) is 6.89. The van der Waals surface area contributed by atoms with Gasteiger partial charge in [0.15, 0.2) is 0 Å². The van der Waals surface area contributed by atoms with Crippen molar-refractivity contribution < 1.29 is 4.79 Å². The van der Waals surface area contributed by atoms with Crippen molar-refractivity contribution in [2.24, 2.45) is 0 Å². The van der Waals surface area contributed by atoms with Crippen molar-refractivity contribution in [2.75, 3.05) is 23.4 Å². The predicted molar refractivity (Wildman–Crippen MR) is 91.0 cm³/mol. The highest BCUT2D eigenvalue weighted by atomic mass is 35.5. The Kier molecular flexibility index (Phi) is 6.23. The lowest BCUT2D eigenvalue weighted by Crippen LogP contribution is -2.39. The lowest BCUT2D eigenvalue weighted by molar-refractivity contribution is -0.116. The summed E-state index contributed by atoms with van der Waals surface area (Å²) in [6, 6.07) is 7.75. The van der Waals surface area contributed by atoms with Crippen LogP contribution >= 0.6 is 24.2 Å². The molecule has 118 valence electrons. The van der Waals surface area contributed by atoms with Crippen LogP contribution in [0.4, 0.5) is 5.69 Å². The Labute approximate surface area is 139 Å². The van der Waals surface area contributed by atoms with E-state index in [9.17, 15) is 4.79 Å². The molecule has 0 spiro atoms. The van der Waals surface area contributed by atoms with Gasteiger partial charge in [-0.15, -0.1) is 12.4 Å². The standard InChI is InChI=1S/C14H17N5OS.ClH/c20-14(9-12-10-21-8-7-15-12)18-11-1-3-13(4-2-11)19-16-5-6-17-19;/h1-6,12,15H,7-10H2,(H,18,20);1H. The van der Waals surface area contributed by atoms with E-state index in [1.807, 2.05) is 36.0 Å². The zero-order chi connectivity index (χ0) is 14.5. The van der Waals surface area contributed by atoms with Crippen LogP contribution in [0.3, 0.4) is 0 Å². The molecule has 2 heterocycles. The van der Waals surface area contributed by atoms with E-state index in [4.69, 9.17) is 0 Å². The zero-order valence-electron chi connectivity index (χ0n) is 11.9. The van der Waals surface area contributed by atoms with Crippen LogP contribution in [0.2, 0.25) is 0 Å². The van der Waals surface area contributed by atoms with E-state index in [2.05, 4.69) is 20.8 Å². The summed E-state index contributed by atoms with van der Waals surface area (Å²) in [5.74, 6) is 2.17. The fourth-order valence-electron chi connectivity index (χ4n) is 2.21. The van der Waals surface area contributed by atoms with Gasteiger partial charge in [0.2, 0.25) is 5.91 Å². The van der Waals surface area contributed by atoms with Crippen molar-refractivity contribution in [3.8, 4) is 5.69 Å². The molecule has 1 amide bonds. The molecule has 22 heavy (non-hydrogen) atoms. The normalized spacial score (nSPS) is 17.5. The first kappa shape index (κ1) is 16.8. The topological polar surface area (TPSA) is 71.8 Å². The molecule has 0 aliphatic carbocycles. The van der Waals surface area contributed by atoms with E-state index in [0.29, 0.717) is 6.42 Å². The highest BCUT2D eigenvalue weighted by molar-refractivity contribution is 7.99. The smallest absolute Gasteiger partial charge is 0.225 e. The molecule has 0 saturated carbocycles. The molecule has 6 nitrogen and oxygen atoms in total. The second kappa shape index (κ2) is 8.17. The van der Waals surface area contributed by atoms with Crippen LogP contribution in [-0.2, 0) is 4.79 Å². The maximum atomic E-state index is 12.0. The fourth-order valence-corrected chi connectivity index (χ4v) is 3.16. The Bertz CT molecular complexity index is 584. The summed E-state index contributed by atoms with van der Waals surface area (Å²) in [4.78, 5) is 13.5. The van der Waals surface area contributed by atoms with Crippen LogP contribution in [0.1, 0.15) is 6.42 Å². The van der Waals surface area contributed by atoms with E-state index in [0.717, 1.165) is 29.4 Å². The number of thioether (sulfide) groups is 1. The van der Waals surface area contributed by atoms with Crippen molar-refractivity contribution in [1.29, 1.82) is 0 Å². The molecule has 0 radical (unpaired) electrons. The quantitative estimate of drug-likeness (QED) is 0.887. The van der Waals surface area contributed by atoms with Crippen molar-refractivity contribution in [2.45, 2.75) is 12.5 Å². The maximum Gasteiger partial charge on any atom is 0.225 e. The first-order valence-corrected chi connectivity index (χ1v) is 8.04. The van der Waals surface area contributed by atoms with Crippen LogP contribution in [0, 0.1) is 0 Å². The summed E-state index contributed by atoms with van der Waals surface area (Å²) in [6.07, 6.45) is 3.77. The number of hydrogen-bond donors (Lipinski definition) is 2. The van der Waals surface area contributed by atoms with Crippen molar-refractivity contribution in [3.63, 3.8) is 0 Å². The van der Waals surface area contributed by atoms with Gasteiger partial charge in [0.25, 0.3) is 0 Å². The number of hydrogen-bond acceptors (Lipinski definition) is 5. The molecule has 1 aromatic carbocycles. The zero-order valence-corrected chi connectivity index (χ0v) is 13.6. The van der Waals surface area contributed by atoms with Crippen molar-refractivity contribution in [3.05, 3.63) is 36.7 Å². The van der Waals surface area contributed by atoms with Gasteiger partial charge in [-0.2, -0.15) is 26.8 Å². The molecule has 1 aliphatic rings. The Morgan fingerprint density at radius 2 is 2.05 bits per heavy atom. The highest BCUT2D eigenvalue weighted by Gasteiger charge is 2.16. The molecule has 1 fully saturated rings. The van der Waals surface area contributed by atoms with Crippen LogP contribution in [0.5, 0.6) is 0 Å². The number of carbonyl (C=O) groups is 1. The van der Waals surface area contributed by atoms with Crippen LogP contribution in [-0.4, -0.2) is 45.0 Å². The number of halogens is 1. The highest BCUT2D eigenvalue weighted by Crippen LogP contribution is 2.14. The second-order valence-electron chi connectivity index (χ2n) is 4.84. The minimum Gasteiger partial charge on any atom is -0.326 e. The van der Waals surface area contributed by atoms with Gasteiger partial charge in [0.05, 0.1) is 18.1 Å². The summed E-state index contributed by atoms with van der Waals surface area (Å²) < 4.78 is 0. The van der Waals surface area contributed by atoms with Gasteiger partial charge in [0.1, 0.15) is 0 Å². The molecule has 2 aromatic rings. The van der Waals surface area contributed by atoms with Gasteiger partial charge in [-0.05, 0) is 24.3 Å². The number of anilines is 1. The minimum atomic E-state index is 0. The number of nitrogens with one attached hydrogen (secondary N) is 2. The molecule has 3 rings (SSSR count). The summed E-state index contributed by atoms with van der Waals surface area (Å²) in [5.41, 5.74) is 1.66. The predicted octanol–water partition coefficient (Wildman–Crippen LogP) is 1.72. The van der Waals surface area contributed by atoms with Gasteiger partial charge in [0, 0.05) is 36.2 Å². The lowest BCUT2D eigenvalue weighted by atomic mass is 10.2. The maximum absolute atomic E-state index is 12.0. The third-order valence-corrected chi connectivity index (χ3v) is 4.36. The van der Waals surface area contributed by atoms with Gasteiger partial charge >= 0.3 is 0 Å². The molecule has 0 bridgehead atoms. The van der Waals surface area contributed by atoms with Crippen molar-refractivity contribution >= 4 is 35.8 Å². The van der Waals surface area contributed by atoms with E-state index < -0.39 is 0 Å². The number of amides is 1. The van der Waals surface area contributed by atoms with E-state index >= 15 is 0 Å². The van der Waals surface area contributed by atoms with Crippen molar-refractivity contribution in [1.82, 2.24) is 20.3 Å². The molecule has 2 N–H and O–H groups in total. The molecular weight excluding hydrogens is 322 g/mol. The monoisotopic (exact) mass is 339 g/mol. The van der Waals surface area contributed by atoms with Gasteiger partial charge in [-0.3, -0.25) is 4.79 Å².